The first-order valence-corrected chi connectivity index (χ1v) is 8.54. The zero-order chi connectivity index (χ0) is 19.4. The molecule has 2 aromatic rings. The minimum absolute atomic E-state index is 0.0966. The average Bonchev–Trinajstić information content (AvgIpc) is 3.24. The molecular formula is C17H13N3O6S. The van der Waals surface area contributed by atoms with Gasteiger partial charge >= 0.3 is 0 Å². The molecule has 3 rings (SSSR count). The van der Waals surface area contributed by atoms with E-state index in [2.05, 4.69) is 5.32 Å². The third-order valence-electron chi connectivity index (χ3n) is 3.59. The number of carbonyl (C=O) groups excluding carboxylic acids is 3. The van der Waals surface area contributed by atoms with Crippen LogP contribution in [0.5, 0.6) is 0 Å². The molecule has 0 aliphatic carbocycles. The van der Waals surface area contributed by atoms with Gasteiger partial charge < -0.3 is 9.73 Å². The Morgan fingerprint density at radius 3 is 2.81 bits per heavy atom. The van der Waals surface area contributed by atoms with Gasteiger partial charge in [0.15, 0.2) is 0 Å². The number of amides is 3. The molecule has 0 radical (unpaired) electrons. The molecule has 0 unspecified atom stereocenters. The van der Waals surface area contributed by atoms with Gasteiger partial charge in [0.05, 0.1) is 22.6 Å². The summed E-state index contributed by atoms with van der Waals surface area (Å²) in [6.07, 6.45) is 2.86. The van der Waals surface area contributed by atoms with Crippen LogP contribution in [0.3, 0.4) is 0 Å². The third kappa shape index (κ3) is 4.42. The highest BCUT2D eigenvalue weighted by Gasteiger charge is 2.36. The maximum absolute atomic E-state index is 12.4. The van der Waals surface area contributed by atoms with Crippen molar-refractivity contribution in [2.45, 2.75) is 6.54 Å². The number of nitrogens with zero attached hydrogens (tertiary/aromatic N) is 2. The van der Waals surface area contributed by atoms with E-state index in [0.717, 1.165) is 4.90 Å². The van der Waals surface area contributed by atoms with Crippen molar-refractivity contribution in [3.8, 4) is 0 Å². The van der Waals surface area contributed by atoms with Gasteiger partial charge in [-0.1, -0.05) is 12.1 Å². The molecule has 2 heterocycles. The number of nitro groups is 1. The minimum atomic E-state index is -0.621. The number of rotatable bonds is 6. The normalized spacial score (nSPS) is 15.4. The van der Waals surface area contributed by atoms with Gasteiger partial charge in [-0.05, 0) is 35.5 Å². The van der Waals surface area contributed by atoms with E-state index in [1.165, 1.54) is 30.5 Å². The van der Waals surface area contributed by atoms with E-state index in [-0.39, 0.29) is 17.1 Å². The van der Waals surface area contributed by atoms with Gasteiger partial charge in [-0.3, -0.25) is 29.4 Å². The van der Waals surface area contributed by atoms with Gasteiger partial charge in [0.25, 0.3) is 16.8 Å². The first-order valence-electron chi connectivity index (χ1n) is 7.73. The van der Waals surface area contributed by atoms with Crippen LogP contribution in [0.1, 0.15) is 11.3 Å². The number of thioether (sulfide) groups is 1. The lowest BCUT2D eigenvalue weighted by molar-refractivity contribution is -0.384. The van der Waals surface area contributed by atoms with E-state index in [1.54, 1.807) is 18.2 Å². The summed E-state index contributed by atoms with van der Waals surface area (Å²) in [5, 5.41) is 12.8. The number of imide groups is 1. The number of non-ortho nitro benzene ring substituents is 1. The molecule has 1 aliphatic heterocycles. The molecule has 3 amide bonds. The molecule has 1 fully saturated rings. The summed E-state index contributed by atoms with van der Waals surface area (Å²) < 4.78 is 5.08. The van der Waals surface area contributed by atoms with Crippen molar-refractivity contribution in [3.63, 3.8) is 0 Å². The first kappa shape index (κ1) is 18.4. The number of nitrogens with one attached hydrogen (secondary N) is 1. The summed E-state index contributed by atoms with van der Waals surface area (Å²) in [6, 6.07) is 9.04. The predicted octanol–water partition coefficient (Wildman–Crippen LogP) is 2.54. The largest absolute Gasteiger partial charge is 0.467 e. The monoisotopic (exact) mass is 387 g/mol. The molecule has 138 valence electrons. The molecule has 0 spiro atoms. The molecular weight excluding hydrogens is 374 g/mol. The maximum Gasteiger partial charge on any atom is 0.294 e. The van der Waals surface area contributed by atoms with Crippen LogP contribution in [0, 0.1) is 10.1 Å². The van der Waals surface area contributed by atoms with Crippen LogP contribution in [0.25, 0.3) is 6.08 Å². The van der Waals surface area contributed by atoms with E-state index in [9.17, 15) is 24.5 Å². The molecule has 1 saturated heterocycles. The summed E-state index contributed by atoms with van der Waals surface area (Å²) in [7, 11) is 0. The molecule has 1 N–H and O–H groups in total. The van der Waals surface area contributed by atoms with Crippen LogP contribution in [0.4, 0.5) is 10.5 Å². The van der Waals surface area contributed by atoms with Gasteiger partial charge in [-0.15, -0.1) is 0 Å². The van der Waals surface area contributed by atoms with Crippen molar-refractivity contribution in [2.24, 2.45) is 0 Å². The molecule has 1 aromatic heterocycles. The number of nitro benzene ring substituents is 1. The Labute approximate surface area is 157 Å². The van der Waals surface area contributed by atoms with Gasteiger partial charge in [0, 0.05) is 12.1 Å². The maximum atomic E-state index is 12.4. The van der Waals surface area contributed by atoms with Crippen molar-refractivity contribution >= 4 is 40.6 Å². The van der Waals surface area contributed by atoms with Gasteiger partial charge in [0.2, 0.25) is 5.91 Å². The van der Waals surface area contributed by atoms with E-state index < -0.39 is 28.5 Å². The lowest BCUT2D eigenvalue weighted by Crippen LogP contribution is -2.39. The predicted molar refractivity (Wildman–Crippen MR) is 96.3 cm³/mol. The fourth-order valence-electron chi connectivity index (χ4n) is 2.31. The smallest absolute Gasteiger partial charge is 0.294 e. The third-order valence-corrected chi connectivity index (χ3v) is 4.50. The van der Waals surface area contributed by atoms with Crippen molar-refractivity contribution < 1.29 is 23.7 Å². The Kier molecular flexibility index (Phi) is 5.36. The fourth-order valence-corrected chi connectivity index (χ4v) is 3.15. The average molecular weight is 387 g/mol. The molecule has 9 nitrogen and oxygen atoms in total. The second-order valence-corrected chi connectivity index (χ2v) is 6.47. The van der Waals surface area contributed by atoms with E-state index in [1.807, 2.05) is 0 Å². The van der Waals surface area contributed by atoms with Crippen molar-refractivity contribution in [2.75, 3.05) is 6.54 Å². The number of carbonyl (C=O) groups is 3. The highest BCUT2D eigenvalue weighted by atomic mass is 32.2. The van der Waals surface area contributed by atoms with Crippen LogP contribution in [-0.2, 0) is 16.1 Å². The van der Waals surface area contributed by atoms with Gasteiger partial charge in [-0.2, -0.15) is 0 Å². The molecule has 10 heteroatoms. The number of hydrogen-bond donors (Lipinski definition) is 1. The topological polar surface area (TPSA) is 123 Å². The van der Waals surface area contributed by atoms with Crippen LogP contribution in [-0.4, -0.2) is 33.4 Å². The number of benzene rings is 1. The molecule has 27 heavy (non-hydrogen) atoms. The first-order chi connectivity index (χ1) is 12.9. The Bertz CT molecular complexity index is 938. The molecule has 1 aliphatic rings. The van der Waals surface area contributed by atoms with E-state index in [0.29, 0.717) is 23.1 Å². The van der Waals surface area contributed by atoms with E-state index >= 15 is 0 Å². The standard InChI is InChI=1S/C17H13N3O6S/c21-15(18-9-13-5-2-6-26-13)10-19-16(22)14(27-17(19)23)8-11-3-1-4-12(7-11)20(24)25/h1-8H,9-10H2,(H,18,21)/b14-8-. The molecule has 0 atom stereocenters. The number of furan rings is 1. The van der Waals surface area contributed by atoms with Crippen molar-refractivity contribution in [3.05, 3.63) is 69.0 Å². The van der Waals surface area contributed by atoms with Crippen LogP contribution < -0.4 is 5.32 Å². The second kappa shape index (κ2) is 7.87. The Morgan fingerprint density at radius 2 is 2.11 bits per heavy atom. The fraction of sp³-hybridized carbons (Fsp3) is 0.118. The zero-order valence-electron chi connectivity index (χ0n) is 13.8. The summed E-state index contributed by atoms with van der Waals surface area (Å²) in [6.45, 7) is -0.275. The highest BCUT2D eigenvalue weighted by molar-refractivity contribution is 8.18. The van der Waals surface area contributed by atoms with Crippen LogP contribution in [0.15, 0.2) is 52.0 Å². The SMILES string of the molecule is O=C(CN1C(=O)S/C(=C\c2cccc([N+](=O)[O-])c2)C1=O)NCc1ccco1. The second-order valence-electron chi connectivity index (χ2n) is 5.48. The molecule has 1 aromatic carbocycles. The lowest BCUT2D eigenvalue weighted by Gasteiger charge is -2.11. The quantitative estimate of drug-likeness (QED) is 0.459. The Balaban J connectivity index is 1.66. The Hall–Kier alpha value is -3.40. The summed E-state index contributed by atoms with van der Waals surface area (Å²) in [5.41, 5.74) is 0.289. The molecule has 0 bridgehead atoms. The van der Waals surface area contributed by atoms with Gasteiger partial charge in [0.1, 0.15) is 12.3 Å². The number of hydrogen-bond acceptors (Lipinski definition) is 7. The molecule has 0 saturated carbocycles. The Morgan fingerprint density at radius 1 is 1.30 bits per heavy atom. The van der Waals surface area contributed by atoms with Crippen LogP contribution >= 0.6 is 11.8 Å². The summed E-state index contributed by atoms with van der Waals surface area (Å²) in [5.74, 6) is -0.585. The lowest BCUT2D eigenvalue weighted by atomic mass is 10.2. The highest BCUT2D eigenvalue weighted by Crippen LogP contribution is 2.32. The minimum Gasteiger partial charge on any atom is -0.467 e. The van der Waals surface area contributed by atoms with E-state index in [4.69, 9.17) is 4.42 Å². The summed E-state index contributed by atoms with van der Waals surface area (Å²) in [4.78, 5) is 47.6. The van der Waals surface area contributed by atoms with Crippen molar-refractivity contribution in [1.29, 1.82) is 0 Å². The summed E-state index contributed by atoms with van der Waals surface area (Å²) >= 11 is 0.679. The van der Waals surface area contributed by atoms with Crippen molar-refractivity contribution in [1.82, 2.24) is 10.2 Å². The van der Waals surface area contributed by atoms with Gasteiger partial charge in [-0.25, -0.2) is 0 Å². The zero-order valence-corrected chi connectivity index (χ0v) is 14.6. The van der Waals surface area contributed by atoms with Crippen LogP contribution in [0.2, 0.25) is 0 Å².